The zero-order chi connectivity index (χ0) is 16.7. The molecule has 0 aliphatic carbocycles. The summed E-state index contributed by atoms with van der Waals surface area (Å²) in [4.78, 5) is 16.7. The molecule has 0 bridgehead atoms. The molecule has 4 rings (SSSR count). The molecule has 0 aromatic carbocycles. The number of fused-ring (bicyclic) bond motifs is 1. The number of pyridine rings is 1. The molecule has 0 saturated heterocycles. The molecule has 0 amide bonds. The first-order chi connectivity index (χ1) is 11.7. The first-order valence-corrected chi connectivity index (χ1v) is 7.35. The minimum Gasteiger partial charge on any atom is -0.360 e. The predicted molar refractivity (Wildman–Crippen MR) is 89.4 cm³/mol. The normalized spacial score (nSPS) is 10.9. The van der Waals surface area contributed by atoms with Gasteiger partial charge in [-0.3, -0.25) is 4.98 Å². The predicted octanol–water partition coefficient (Wildman–Crippen LogP) is 3.05. The number of nitrogens with zero attached hydrogens (tertiary/aromatic N) is 7. The molecule has 0 fully saturated rings. The summed E-state index contributed by atoms with van der Waals surface area (Å²) in [6.45, 7) is 9.18. The Kier molecular flexibility index (Phi) is 3.10. The highest BCUT2D eigenvalue weighted by atomic mass is 15.3. The molecule has 0 saturated carbocycles. The van der Waals surface area contributed by atoms with Crippen LogP contribution in [-0.4, -0.2) is 29.1 Å². The zero-order valence-electron chi connectivity index (χ0n) is 13.2. The summed E-state index contributed by atoms with van der Waals surface area (Å²) in [7, 11) is 1.91. The van der Waals surface area contributed by atoms with E-state index in [1.54, 1.807) is 10.8 Å². The van der Waals surface area contributed by atoms with E-state index in [1.165, 1.54) is 6.20 Å². The summed E-state index contributed by atoms with van der Waals surface area (Å²) in [5.41, 5.74) is 4.68. The van der Waals surface area contributed by atoms with Crippen molar-refractivity contribution in [2.24, 2.45) is 7.05 Å². The summed E-state index contributed by atoms with van der Waals surface area (Å²) in [6, 6.07) is 9.56. The van der Waals surface area contributed by atoms with E-state index in [1.807, 2.05) is 48.9 Å². The summed E-state index contributed by atoms with van der Waals surface area (Å²) >= 11 is 0. The smallest absolute Gasteiger partial charge is 0.275 e. The lowest BCUT2D eigenvalue weighted by atomic mass is 10.1. The van der Waals surface area contributed by atoms with E-state index in [4.69, 9.17) is 6.57 Å². The molecule has 0 aliphatic rings. The molecule has 24 heavy (non-hydrogen) atoms. The Bertz CT molecular complexity index is 1100. The molecule has 0 unspecified atom stereocenters. The maximum Gasteiger partial charge on any atom is 0.275 e. The van der Waals surface area contributed by atoms with E-state index >= 15 is 0 Å². The van der Waals surface area contributed by atoms with Gasteiger partial charge in [-0.1, -0.05) is 17.7 Å². The van der Waals surface area contributed by atoms with Crippen LogP contribution in [-0.2, 0) is 7.05 Å². The van der Waals surface area contributed by atoms with Crippen LogP contribution in [0.1, 0.15) is 5.69 Å². The molecular weight excluding hydrogens is 302 g/mol. The number of hydrogen-bond acceptors (Lipinski definition) is 4. The van der Waals surface area contributed by atoms with Crippen molar-refractivity contribution in [2.75, 3.05) is 0 Å². The third-order valence-electron chi connectivity index (χ3n) is 3.77. The standard InChI is InChI=1S/C17H13N7/c1-11-5-4-6-12(21-11)16-17(23(3)10-20-16)13-7-8-14-19-9-15(18-2)24(14)22-13/h4-10H,1,3H3. The first kappa shape index (κ1) is 14.1. The monoisotopic (exact) mass is 315 g/mol. The molecule has 7 heteroatoms. The van der Waals surface area contributed by atoms with Crippen LogP contribution in [0.25, 0.3) is 33.3 Å². The van der Waals surface area contributed by atoms with Crippen molar-refractivity contribution in [2.45, 2.75) is 6.92 Å². The van der Waals surface area contributed by atoms with Gasteiger partial charge in [-0.2, -0.15) is 0 Å². The highest BCUT2D eigenvalue weighted by molar-refractivity contribution is 5.75. The van der Waals surface area contributed by atoms with E-state index in [-0.39, 0.29) is 0 Å². The lowest BCUT2D eigenvalue weighted by Gasteiger charge is -2.05. The summed E-state index contributed by atoms with van der Waals surface area (Å²) in [5.74, 6) is 0.379. The maximum absolute atomic E-state index is 7.23. The second kappa shape index (κ2) is 5.28. The lowest BCUT2D eigenvalue weighted by Crippen LogP contribution is -1.99. The average Bonchev–Trinajstić information content (AvgIpc) is 3.17. The highest BCUT2D eigenvalue weighted by Gasteiger charge is 2.18. The number of rotatable bonds is 2. The topological polar surface area (TPSA) is 65.3 Å². The largest absolute Gasteiger partial charge is 0.360 e. The van der Waals surface area contributed by atoms with Crippen LogP contribution >= 0.6 is 0 Å². The Morgan fingerprint density at radius 1 is 1.08 bits per heavy atom. The molecule has 116 valence electrons. The van der Waals surface area contributed by atoms with Crippen LogP contribution in [0, 0.1) is 13.5 Å². The van der Waals surface area contributed by atoms with Gasteiger partial charge in [-0.25, -0.2) is 9.97 Å². The quantitative estimate of drug-likeness (QED) is 0.533. The fourth-order valence-electron chi connectivity index (χ4n) is 2.66. The van der Waals surface area contributed by atoms with Crippen molar-refractivity contribution in [1.29, 1.82) is 0 Å². The molecular formula is C17H13N7. The first-order valence-electron chi connectivity index (χ1n) is 7.35. The van der Waals surface area contributed by atoms with Crippen LogP contribution in [0.2, 0.25) is 0 Å². The molecule has 0 atom stereocenters. The fraction of sp³-hybridized carbons (Fsp3) is 0.118. The van der Waals surface area contributed by atoms with E-state index in [2.05, 4.69) is 24.9 Å². The van der Waals surface area contributed by atoms with Gasteiger partial charge >= 0.3 is 0 Å². The second-order valence-electron chi connectivity index (χ2n) is 5.43. The minimum absolute atomic E-state index is 0.379. The second-order valence-corrected chi connectivity index (χ2v) is 5.43. The number of aryl methyl sites for hydroxylation is 2. The molecule has 0 aliphatic heterocycles. The van der Waals surface area contributed by atoms with E-state index in [0.717, 1.165) is 22.8 Å². The molecule has 0 N–H and O–H groups in total. The maximum atomic E-state index is 7.23. The Hall–Kier alpha value is -3.53. The van der Waals surface area contributed by atoms with Crippen LogP contribution in [0.5, 0.6) is 0 Å². The Balaban J connectivity index is 1.94. The van der Waals surface area contributed by atoms with Crippen LogP contribution < -0.4 is 0 Å². The fourth-order valence-corrected chi connectivity index (χ4v) is 2.66. The zero-order valence-corrected chi connectivity index (χ0v) is 13.2. The summed E-state index contributed by atoms with van der Waals surface area (Å²) < 4.78 is 3.45. The van der Waals surface area contributed by atoms with Crippen LogP contribution in [0.4, 0.5) is 5.82 Å². The van der Waals surface area contributed by atoms with Gasteiger partial charge in [0.15, 0.2) is 0 Å². The minimum atomic E-state index is 0.379. The van der Waals surface area contributed by atoms with Gasteiger partial charge in [-0.05, 0) is 25.1 Å². The summed E-state index contributed by atoms with van der Waals surface area (Å²) in [5, 5.41) is 4.57. The van der Waals surface area contributed by atoms with Crippen molar-refractivity contribution >= 4 is 11.5 Å². The van der Waals surface area contributed by atoms with Gasteiger partial charge in [0.1, 0.15) is 11.4 Å². The Morgan fingerprint density at radius 3 is 2.75 bits per heavy atom. The van der Waals surface area contributed by atoms with E-state index < -0.39 is 0 Å². The lowest BCUT2D eigenvalue weighted by molar-refractivity contribution is 0.893. The van der Waals surface area contributed by atoms with Gasteiger partial charge in [0, 0.05) is 18.8 Å². The van der Waals surface area contributed by atoms with E-state index in [0.29, 0.717) is 17.2 Å². The van der Waals surface area contributed by atoms with E-state index in [9.17, 15) is 0 Å². The van der Waals surface area contributed by atoms with Crippen molar-refractivity contribution in [3.8, 4) is 22.8 Å². The molecule has 0 radical (unpaired) electrons. The SMILES string of the molecule is [C-]#[N+]c1cnc2ccc(-c3c(-c4cccc(C)n4)ncn3C)nn12. The van der Waals surface area contributed by atoms with Crippen molar-refractivity contribution in [3.05, 3.63) is 60.0 Å². The van der Waals surface area contributed by atoms with Crippen molar-refractivity contribution in [3.63, 3.8) is 0 Å². The molecule has 0 spiro atoms. The van der Waals surface area contributed by atoms with Crippen LogP contribution in [0.15, 0.2) is 42.9 Å². The molecule has 4 aromatic rings. The third kappa shape index (κ3) is 2.13. The van der Waals surface area contributed by atoms with Crippen LogP contribution in [0.3, 0.4) is 0 Å². The average molecular weight is 315 g/mol. The highest BCUT2D eigenvalue weighted by Crippen LogP contribution is 2.29. The van der Waals surface area contributed by atoms with Gasteiger partial charge in [0.2, 0.25) is 5.65 Å². The van der Waals surface area contributed by atoms with Crippen molar-refractivity contribution in [1.82, 2.24) is 29.1 Å². The Morgan fingerprint density at radius 2 is 1.96 bits per heavy atom. The third-order valence-corrected chi connectivity index (χ3v) is 3.77. The number of imidazole rings is 2. The van der Waals surface area contributed by atoms with Crippen molar-refractivity contribution < 1.29 is 0 Å². The molecule has 4 aromatic heterocycles. The molecule has 7 nitrogen and oxygen atoms in total. The van der Waals surface area contributed by atoms with Gasteiger partial charge in [0.05, 0.1) is 23.9 Å². The Labute approximate surface area is 138 Å². The number of aromatic nitrogens is 6. The van der Waals surface area contributed by atoms with Gasteiger partial charge < -0.3 is 9.41 Å². The van der Waals surface area contributed by atoms with Gasteiger partial charge in [0.25, 0.3) is 5.82 Å². The summed E-state index contributed by atoms with van der Waals surface area (Å²) in [6.07, 6.45) is 3.26. The molecule has 4 heterocycles. The van der Waals surface area contributed by atoms with Gasteiger partial charge in [-0.15, -0.1) is 4.52 Å². The number of hydrogen-bond donors (Lipinski definition) is 0.